The monoisotopic (exact) mass is 450 g/mol. The number of likely N-dealkylation sites (tertiary alicyclic amines) is 1. The molecular weight excluding hydrogens is 423 g/mol. The van der Waals surface area contributed by atoms with E-state index in [0.29, 0.717) is 38.0 Å². The van der Waals surface area contributed by atoms with Gasteiger partial charge in [-0.2, -0.15) is 0 Å². The number of piperidine rings is 1. The Morgan fingerprint density at radius 1 is 1.09 bits per heavy atom. The van der Waals surface area contributed by atoms with Crippen molar-refractivity contribution in [2.45, 2.75) is 19.3 Å². The molecule has 1 aliphatic rings. The van der Waals surface area contributed by atoms with Gasteiger partial charge in [0.1, 0.15) is 5.82 Å². The van der Waals surface area contributed by atoms with Crippen LogP contribution in [0.5, 0.6) is 0 Å². The van der Waals surface area contributed by atoms with Crippen molar-refractivity contribution in [2.24, 2.45) is 5.92 Å². The van der Waals surface area contributed by atoms with Gasteiger partial charge in [-0.1, -0.05) is 18.2 Å². The lowest BCUT2D eigenvalue weighted by Crippen LogP contribution is -2.48. The van der Waals surface area contributed by atoms with Crippen LogP contribution < -0.4 is 10.6 Å². The lowest BCUT2D eigenvalue weighted by Gasteiger charge is -2.32. The summed E-state index contributed by atoms with van der Waals surface area (Å²) >= 11 is 0. The normalized spacial score (nSPS) is 15.9. The van der Waals surface area contributed by atoms with Gasteiger partial charge in [-0.05, 0) is 55.2 Å². The van der Waals surface area contributed by atoms with Gasteiger partial charge in [0.2, 0.25) is 11.8 Å². The van der Waals surface area contributed by atoms with Gasteiger partial charge in [-0.25, -0.2) is 4.39 Å². The molecule has 3 N–H and O–H groups in total. The Morgan fingerprint density at radius 3 is 2.73 bits per heavy atom. The van der Waals surface area contributed by atoms with E-state index in [1.165, 1.54) is 12.1 Å². The summed E-state index contributed by atoms with van der Waals surface area (Å²) in [4.78, 5) is 42.1. The summed E-state index contributed by atoms with van der Waals surface area (Å²) in [6.07, 6.45) is 3.86. The van der Waals surface area contributed by atoms with Gasteiger partial charge in [0, 0.05) is 42.3 Å². The maximum atomic E-state index is 13.5. The molecule has 0 spiro atoms. The molecule has 8 heteroatoms. The van der Waals surface area contributed by atoms with Crippen LogP contribution in [0.15, 0.2) is 54.7 Å². The number of hydrogen-bond donors (Lipinski definition) is 3. The first-order chi connectivity index (χ1) is 16.0. The molecule has 1 saturated heterocycles. The first-order valence-corrected chi connectivity index (χ1v) is 11.2. The summed E-state index contributed by atoms with van der Waals surface area (Å²) in [5.41, 5.74) is 2.30. The predicted octanol–water partition coefficient (Wildman–Crippen LogP) is 2.63. The van der Waals surface area contributed by atoms with Gasteiger partial charge in [-0.3, -0.25) is 14.4 Å². The molecule has 33 heavy (non-hydrogen) atoms. The summed E-state index contributed by atoms with van der Waals surface area (Å²) in [6.45, 7) is 1.24. The first kappa shape index (κ1) is 22.5. The first-order valence-electron chi connectivity index (χ1n) is 11.2. The standard InChI is InChI=1S/C25H27FN4O3/c26-20-8-9-22-21(13-20)18(14-28-22)10-11-27-25(33)19-7-4-12-30(16-19)23(31)15-29-24(32)17-5-2-1-3-6-17/h1-3,5-6,8-9,13-14,19,28H,4,7,10-12,15-16H2,(H,27,33)(H,29,32). The zero-order valence-corrected chi connectivity index (χ0v) is 18.3. The number of aromatic nitrogens is 1. The molecule has 2 heterocycles. The van der Waals surface area contributed by atoms with Crippen molar-refractivity contribution in [3.05, 3.63) is 71.7 Å². The highest BCUT2D eigenvalue weighted by molar-refractivity contribution is 5.96. The van der Waals surface area contributed by atoms with E-state index in [0.717, 1.165) is 22.9 Å². The maximum Gasteiger partial charge on any atom is 0.251 e. The van der Waals surface area contributed by atoms with Crippen LogP contribution in [0.3, 0.4) is 0 Å². The number of amides is 3. The molecule has 4 rings (SSSR count). The maximum absolute atomic E-state index is 13.5. The highest BCUT2D eigenvalue weighted by Crippen LogP contribution is 2.20. The summed E-state index contributed by atoms with van der Waals surface area (Å²) < 4.78 is 13.5. The summed E-state index contributed by atoms with van der Waals surface area (Å²) in [6, 6.07) is 13.3. The van der Waals surface area contributed by atoms with Gasteiger partial charge in [0.05, 0.1) is 12.5 Å². The van der Waals surface area contributed by atoms with E-state index in [1.54, 1.807) is 35.2 Å². The summed E-state index contributed by atoms with van der Waals surface area (Å²) in [5, 5.41) is 6.41. The van der Waals surface area contributed by atoms with Gasteiger partial charge >= 0.3 is 0 Å². The molecule has 0 saturated carbocycles. The number of hydrogen-bond acceptors (Lipinski definition) is 3. The molecule has 1 fully saturated rings. The number of rotatable bonds is 7. The number of nitrogens with one attached hydrogen (secondary N) is 3. The Kier molecular flexibility index (Phi) is 7.02. The molecule has 1 unspecified atom stereocenters. The molecule has 2 aromatic carbocycles. The number of aromatic amines is 1. The topological polar surface area (TPSA) is 94.3 Å². The second kappa shape index (κ2) is 10.3. The van der Waals surface area contributed by atoms with Crippen molar-refractivity contribution in [3.63, 3.8) is 0 Å². The quantitative estimate of drug-likeness (QED) is 0.517. The lowest BCUT2D eigenvalue weighted by atomic mass is 9.97. The Hall–Kier alpha value is -3.68. The number of nitrogens with zero attached hydrogens (tertiary/aromatic N) is 1. The number of H-pyrrole nitrogens is 1. The van der Waals surface area contributed by atoms with Crippen molar-refractivity contribution in [1.82, 2.24) is 20.5 Å². The highest BCUT2D eigenvalue weighted by atomic mass is 19.1. The van der Waals surface area contributed by atoms with Gasteiger partial charge in [0.25, 0.3) is 5.91 Å². The van der Waals surface area contributed by atoms with Crippen LogP contribution in [-0.4, -0.2) is 53.8 Å². The van der Waals surface area contributed by atoms with Crippen LogP contribution in [0.1, 0.15) is 28.8 Å². The van der Waals surface area contributed by atoms with Crippen LogP contribution >= 0.6 is 0 Å². The number of carbonyl (C=O) groups is 3. The minimum absolute atomic E-state index is 0.0909. The molecule has 1 aromatic heterocycles. The number of benzene rings is 2. The molecule has 0 radical (unpaired) electrons. The molecule has 7 nitrogen and oxygen atoms in total. The zero-order chi connectivity index (χ0) is 23.2. The van der Waals surface area contributed by atoms with Crippen molar-refractivity contribution in [3.8, 4) is 0 Å². The molecule has 0 bridgehead atoms. The number of fused-ring (bicyclic) bond motifs is 1. The lowest BCUT2D eigenvalue weighted by molar-refractivity contribution is -0.134. The van der Waals surface area contributed by atoms with E-state index in [-0.39, 0.29) is 36.0 Å². The van der Waals surface area contributed by atoms with Crippen molar-refractivity contribution in [1.29, 1.82) is 0 Å². The number of carbonyl (C=O) groups excluding carboxylic acids is 3. The molecule has 172 valence electrons. The molecule has 3 amide bonds. The van der Waals surface area contributed by atoms with E-state index in [1.807, 2.05) is 12.3 Å². The van der Waals surface area contributed by atoms with E-state index in [9.17, 15) is 18.8 Å². The van der Waals surface area contributed by atoms with E-state index in [4.69, 9.17) is 0 Å². The van der Waals surface area contributed by atoms with Crippen molar-refractivity contribution >= 4 is 28.6 Å². The fourth-order valence-corrected chi connectivity index (χ4v) is 4.20. The zero-order valence-electron chi connectivity index (χ0n) is 18.3. The third-order valence-electron chi connectivity index (χ3n) is 6.00. The largest absolute Gasteiger partial charge is 0.361 e. The average molecular weight is 451 g/mol. The third kappa shape index (κ3) is 5.58. The Balaban J connectivity index is 1.24. The SMILES string of the molecule is O=C(NCC(=O)N1CCCC(C(=O)NCCc2c[nH]c3ccc(F)cc23)C1)c1ccccc1. The smallest absolute Gasteiger partial charge is 0.251 e. The Morgan fingerprint density at radius 2 is 1.91 bits per heavy atom. The van der Waals surface area contributed by atoms with Crippen molar-refractivity contribution < 1.29 is 18.8 Å². The van der Waals surface area contributed by atoms with E-state index >= 15 is 0 Å². The number of halogens is 1. The Labute approximate surface area is 191 Å². The fraction of sp³-hybridized carbons (Fsp3) is 0.320. The van der Waals surface area contributed by atoms with E-state index < -0.39 is 0 Å². The minimum atomic E-state index is -0.299. The summed E-state index contributed by atoms with van der Waals surface area (Å²) in [5.74, 6) is -1.16. The summed E-state index contributed by atoms with van der Waals surface area (Å²) in [7, 11) is 0. The van der Waals surface area contributed by atoms with Crippen LogP contribution in [-0.2, 0) is 16.0 Å². The van der Waals surface area contributed by atoms with Gasteiger partial charge < -0.3 is 20.5 Å². The van der Waals surface area contributed by atoms with Crippen LogP contribution in [0.2, 0.25) is 0 Å². The second-order valence-corrected chi connectivity index (χ2v) is 8.27. The van der Waals surface area contributed by atoms with Crippen LogP contribution in [0.4, 0.5) is 4.39 Å². The van der Waals surface area contributed by atoms with Crippen LogP contribution in [0.25, 0.3) is 10.9 Å². The molecular formula is C25H27FN4O3. The highest BCUT2D eigenvalue weighted by Gasteiger charge is 2.28. The van der Waals surface area contributed by atoms with Gasteiger partial charge in [0.15, 0.2) is 0 Å². The Bertz CT molecular complexity index is 1150. The fourth-order valence-electron chi connectivity index (χ4n) is 4.20. The van der Waals surface area contributed by atoms with E-state index in [2.05, 4.69) is 15.6 Å². The molecule has 1 aliphatic heterocycles. The average Bonchev–Trinajstić information content (AvgIpc) is 3.24. The predicted molar refractivity (Wildman–Crippen MR) is 123 cm³/mol. The molecule has 0 aliphatic carbocycles. The molecule has 3 aromatic rings. The third-order valence-corrected chi connectivity index (χ3v) is 6.00. The van der Waals surface area contributed by atoms with Crippen molar-refractivity contribution in [2.75, 3.05) is 26.2 Å². The minimum Gasteiger partial charge on any atom is -0.361 e. The molecule has 1 atom stereocenters. The second-order valence-electron chi connectivity index (χ2n) is 8.27. The van der Waals surface area contributed by atoms with Crippen LogP contribution in [0, 0.1) is 11.7 Å². The van der Waals surface area contributed by atoms with Gasteiger partial charge in [-0.15, -0.1) is 0 Å².